The van der Waals surface area contributed by atoms with Crippen LogP contribution in [0.1, 0.15) is 24.0 Å². The van der Waals surface area contributed by atoms with Crippen molar-refractivity contribution in [3.63, 3.8) is 0 Å². The zero-order valence-corrected chi connectivity index (χ0v) is 14.2. The maximum absolute atomic E-state index is 12.1. The van der Waals surface area contributed by atoms with E-state index in [0.29, 0.717) is 18.7 Å². The molecule has 1 aromatic carbocycles. The van der Waals surface area contributed by atoms with E-state index in [9.17, 15) is 13.2 Å². The van der Waals surface area contributed by atoms with Crippen LogP contribution in [0.25, 0.3) is 0 Å². The quantitative estimate of drug-likeness (QED) is 0.745. The molecule has 0 saturated carbocycles. The number of hydrogen-bond acceptors (Lipinski definition) is 3. The number of aryl methyl sites for hydroxylation is 2. The summed E-state index contributed by atoms with van der Waals surface area (Å²) in [5.41, 5.74) is 2.57. The minimum atomic E-state index is -3.39. The molecule has 0 fully saturated rings. The summed E-state index contributed by atoms with van der Waals surface area (Å²) in [6.45, 7) is 8.03. The number of carbonyl (C=O) groups excluding carboxylic acids is 1. The SMILES string of the molecule is C=CCNC(=O)CCCN(c1cc(C)ccc1C)S(C)(=O)=O. The Kier molecular flexibility index (Phi) is 6.61. The molecule has 22 heavy (non-hydrogen) atoms. The molecule has 0 aliphatic heterocycles. The molecule has 1 rings (SSSR count). The molecule has 5 nitrogen and oxygen atoms in total. The van der Waals surface area contributed by atoms with Crippen LogP contribution in [0.15, 0.2) is 30.9 Å². The van der Waals surface area contributed by atoms with E-state index in [-0.39, 0.29) is 18.9 Å². The highest BCUT2D eigenvalue weighted by molar-refractivity contribution is 7.92. The number of benzene rings is 1. The molecule has 0 atom stereocenters. The van der Waals surface area contributed by atoms with Gasteiger partial charge in [-0.1, -0.05) is 18.2 Å². The Labute approximate surface area is 133 Å². The zero-order valence-electron chi connectivity index (χ0n) is 13.4. The van der Waals surface area contributed by atoms with Gasteiger partial charge in [0.1, 0.15) is 0 Å². The maximum atomic E-state index is 12.1. The van der Waals surface area contributed by atoms with Crippen molar-refractivity contribution >= 4 is 21.6 Å². The van der Waals surface area contributed by atoms with Crippen molar-refractivity contribution in [2.45, 2.75) is 26.7 Å². The van der Waals surface area contributed by atoms with E-state index in [4.69, 9.17) is 0 Å². The van der Waals surface area contributed by atoms with E-state index >= 15 is 0 Å². The van der Waals surface area contributed by atoms with Crippen LogP contribution in [0.2, 0.25) is 0 Å². The second-order valence-electron chi connectivity index (χ2n) is 5.32. The fourth-order valence-corrected chi connectivity index (χ4v) is 3.13. The first-order valence-corrected chi connectivity index (χ1v) is 9.03. The van der Waals surface area contributed by atoms with Gasteiger partial charge in [-0.2, -0.15) is 0 Å². The number of sulfonamides is 1. The van der Waals surface area contributed by atoms with Crippen LogP contribution in [0.3, 0.4) is 0 Å². The summed E-state index contributed by atoms with van der Waals surface area (Å²) in [4.78, 5) is 11.6. The minimum absolute atomic E-state index is 0.102. The van der Waals surface area contributed by atoms with Gasteiger partial charge < -0.3 is 5.32 Å². The largest absolute Gasteiger partial charge is 0.353 e. The molecule has 0 saturated heterocycles. The molecule has 0 aliphatic carbocycles. The number of carbonyl (C=O) groups is 1. The number of nitrogens with zero attached hydrogens (tertiary/aromatic N) is 1. The Bertz CT molecular complexity index is 639. The van der Waals surface area contributed by atoms with Crippen molar-refractivity contribution in [3.05, 3.63) is 42.0 Å². The third kappa shape index (κ3) is 5.52. The lowest BCUT2D eigenvalue weighted by atomic mass is 10.1. The first-order chi connectivity index (χ1) is 10.3. The van der Waals surface area contributed by atoms with Gasteiger partial charge in [-0.15, -0.1) is 6.58 Å². The van der Waals surface area contributed by atoms with Gasteiger partial charge in [-0.3, -0.25) is 9.10 Å². The van der Waals surface area contributed by atoms with E-state index in [2.05, 4.69) is 11.9 Å². The monoisotopic (exact) mass is 324 g/mol. The molecule has 0 heterocycles. The summed E-state index contributed by atoms with van der Waals surface area (Å²) in [5, 5.41) is 2.68. The molecule has 0 spiro atoms. The highest BCUT2D eigenvalue weighted by Crippen LogP contribution is 2.24. The number of hydrogen-bond donors (Lipinski definition) is 1. The Hall–Kier alpha value is -1.82. The molecule has 0 unspecified atom stereocenters. The van der Waals surface area contributed by atoms with Gasteiger partial charge in [0.25, 0.3) is 0 Å². The minimum Gasteiger partial charge on any atom is -0.353 e. The molecule has 1 N–H and O–H groups in total. The first-order valence-electron chi connectivity index (χ1n) is 7.18. The van der Waals surface area contributed by atoms with E-state index in [0.717, 1.165) is 11.1 Å². The molecule has 0 aliphatic rings. The van der Waals surface area contributed by atoms with Crippen LogP contribution >= 0.6 is 0 Å². The lowest BCUT2D eigenvalue weighted by Crippen LogP contribution is -2.32. The second-order valence-corrected chi connectivity index (χ2v) is 7.23. The first kappa shape index (κ1) is 18.2. The maximum Gasteiger partial charge on any atom is 0.232 e. The fraction of sp³-hybridized carbons (Fsp3) is 0.438. The smallest absolute Gasteiger partial charge is 0.232 e. The summed E-state index contributed by atoms with van der Waals surface area (Å²) in [6.07, 6.45) is 3.54. The van der Waals surface area contributed by atoms with Crippen LogP contribution < -0.4 is 9.62 Å². The number of rotatable bonds is 8. The van der Waals surface area contributed by atoms with Crippen molar-refractivity contribution in [2.24, 2.45) is 0 Å². The predicted octanol–water partition coefficient (Wildman–Crippen LogP) is 2.15. The third-order valence-electron chi connectivity index (χ3n) is 3.24. The van der Waals surface area contributed by atoms with Crippen LogP contribution in [-0.4, -0.2) is 33.7 Å². The number of amides is 1. The molecular weight excluding hydrogens is 300 g/mol. The van der Waals surface area contributed by atoms with Crippen molar-refractivity contribution < 1.29 is 13.2 Å². The Morgan fingerprint density at radius 1 is 1.36 bits per heavy atom. The van der Waals surface area contributed by atoms with E-state index < -0.39 is 10.0 Å². The average molecular weight is 324 g/mol. The van der Waals surface area contributed by atoms with Crippen LogP contribution in [-0.2, 0) is 14.8 Å². The highest BCUT2D eigenvalue weighted by Gasteiger charge is 2.19. The molecule has 6 heteroatoms. The van der Waals surface area contributed by atoms with E-state index in [1.807, 2.05) is 32.0 Å². The Balaban J connectivity index is 2.81. The summed E-state index contributed by atoms with van der Waals surface area (Å²) in [7, 11) is -3.39. The van der Waals surface area contributed by atoms with Crippen LogP contribution in [0.5, 0.6) is 0 Å². The predicted molar refractivity (Wildman–Crippen MR) is 90.5 cm³/mol. The zero-order chi connectivity index (χ0) is 16.8. The Morgan fingerprint density at radius 2 is 2.05 bits per heavy atom. The van der Waals surface area contributed by atoms with Crippen molar-refractivity contribution in [1.82, 2.24) is 5.32 Å². The molecule has 122 valence electrons. The highest BCUT2D eigenvalue weighted by atomic mass is 32.2. The van der Waals surface area contributed by atoms with Gasteiger partial charge in [0.05, 0.1) is 11.9 Å². The van der Waals surface area contributed by atoms with E-state index in [1.165, 1.54) is 10.6 Å². The van der Waals surface area contributed by atoms with Gasteiger partial charge in [0.2, 0.25) is 15.9 Å². The van der Waals surface area contributed by atoms with Crippen molar-refractivity contribution in [2.75, 3.05) is 23.7 Å². The molecule has 1 aromatic rings. The van der Waals surface area contributed by atoms with Gasteiger partial charge in [0.15, 0.2) is 0 Å². The molecule has 1 amide bonds. The molecular formula is C16H24N2O3S. The molecule has 0 aromatic heterocycles. The fourth-order valence-electron chi connectivity index (χ4n) is 2.11. The summed E-state index contributed by atoms with van der Waals surface area (Å²) < 4.78 is 25.5. The summed E-state index contributed by atoms with van der Waals surface area (Å²) in [6, 6.07) is 5.70. The normalized spacial score (nSPS) is 11.0. The number of anilines is 1. The average Bonchev–Trinajstić information content (AvgIpc) is 2.43. The van der Waals surface area contributed by atoms with E-state index in [1.54, 1.807) is 6.08 Å². The summed E-state index contributed by atoms with van der Waals surface area (Å²) in [5.74, 6) is -0.102. The van der Waals surface area contributed by atoms with Crippen molar-refractivity contribution in [1.29, 1.82) is 0 Å². The van der Waals surface area contributed by atoms with Crippen LogP contribution in [0, 0.1) is 13.8 Å². The standard InChI is InChI=1S/C16H24N2O3S/c1-5-10-17-16(19)7-6-11-18(22(4,20)21)15-12-13(2)8-9-14(15)3/h5,8-9,12H,1,6-7,10-11H2,2-4H3,(H,17,19). The van der Waals surface area contributed by atoms with Gasteiger partial charge in [-0.05, 0) is 37.5 Å². The van der Waals surface area contributed by atoms with Gasteiger partial charge in [0, 0.05) is 19.5 Å². The van der Waals surface area contributed by atoms with Crippen LogP contribution in [0.4, 0.5) is 5.69 Å². The van der Waals surface area contributed by atoms with Gasteiger partial charge >= 0.3 is 0 Å². The topological polar surface area (TPSA) is 66.5 Å². The Morgan fingerprint density at radius 3 is 2.64 bits per heavy atom. The van der Waals surface area contributed by atoms with Crippen molar-refractivity contribution in [3.8, 4) is 0 Å². The molecule has 0 radical (unpaired) electrons. The second kappa shape index (κ2) is 7.98. The number of nitrogens with one attached hydrogen (secondary N) is 1. The lowest BCUT2D eigenvalue weighted by molar-refractivity contribution is -0.120. The third-order valence-corrected chi connectivity index (χ3v) is 4.42. The molecule has 0 bridgehead atoms. The van der Waals surface area contributed by atoms with Gasteiger partial charge in [-0.25, -0.2) is 8.42 Å². The summed E-state index contributed by atoms with van der Waals surface area (Å²) >= 11 is 0. The lowest BCUT2D eigenvalue weighted by Gasteiger charge is -2.24.